The lowest BCUT2D eigenvalue weighted by atomic mass is 10.1. The summed E-state index contributed by atoms with van der Waals surface area (Å²) < 4.78 is 2.19. The van der Waals surface area contributed by atoms with Gasteiger partial charge in [0.15, 0.2) is 0 Å². The van der Waals surface area contributed by atoms with Crippen LogP contribution < -0.4 is 11.5 Å². The van der Waals surface area contributed by atoms with Gasteiger partial charge in [0, 0.05) is 28.5 Å². The van der Waals surface area contributed by atoms with Crippen molar-refractivity contribution in [1.29, 1.82) is 0 Å². The second kappa shape index (κ2) is 4.02. The Hall–Kier alpha value is -2.49. The van der Waals surface area contributed by atoms with Gasteiger partial charge in [0.2, 0.25) is 0 Å². The zero-order valence-corrected chi connectivity index (χ0v) is 10.7. The van der Waals surface area contributed by atoms with Crippen molar-refractivity contribution in [3.05, 3.63) is 42.0 Å². The molecule has 0 aliphatic carbocycles. The molecule has 2 aromatic carbocycles. The summed E-state index contributed by atoms with van der Waals surface area (Å²) in [6, 6.07) is 11.7. The van der Waals surface area contributed by atoms with Gasteiger partial charge in [-0.3, -0.25) is 4.79 Å². The maximum absolute atomic E-state index is 11.4. The molecule has 4 nitrogen and oxygen atoms in total. The predicted molar refractivity (Wildman–Crippen MR) is 78.0 cm³/mol. The Balaban J connectivity index is 2.52. The minimum Gasteiger partial charge on any atom is -0.398 e. The SMILES string of the molecule is CCn1c2ccccc2c2cc(C(N)=O)c(N)cc21. The molecule has 0 radical (unpaired) electrons. The van der Waals surface area contributed by atoms with Gasteiger partial charge in [-0.15, -0.1) is 0 Å². The van der Waals surface area contributed by atoms with Crippen LogP contribution in [0.3, 0.4) is 0 Å². The Labute approximate surface area is 110 Å². The van der Waals surface area contributed by atoms with Gasteiger partial charge in [-0.1, -0.05) is 18.2 Å². The fraction of sp³-hybridized carbons (Fsp3) is 0.133. The summed E-state index contributed by atoms with van der Waals surface area (Å²) in [6.07, 6.45) is 0. The van der Waals surface area contributed by atoms with E-state index in [1.807, 2.05) is 24.3 Å². The second-order valence-electron chi connectivity index (χ2n) is 4.58. The number of amides is 1. The molecule has 19 heavy (non-hydrogen) atoms. The summed E-state index contributed by atoms with van der Waals surface area (Å²) in [5.74, 6) is -0.493. The number of nitrogen functional groups attached to an aromatic ring is 1. The van der Waals surface area contributed by atoms with Gasteiger partial charge in [0.25, 0.3) is 5.91 Å². The van der Waals surface area contributed by atoms with Crippen molar-refractivity contribution in [2.24, 2.45) is 5.73 Å². The van der Waals surface area contributed by atoms with Crippen LogP contribution in [0.5, 0.6) is 0 Å². The molecule has 0 unspecified atom stereocenters. The molecular weight excluding hydrogens is 238 g/mol. The minimum absolute atomic E-state index is 0.381. The molecule has 0 atom stereocenters. The molecular formula is C15H15N3O. The minimum atomic E-state index is -0.493. The molecule has 0 spiro atoms. The van der Waals surface area contributed by atoms with E-state index in [4.69, 9.17) is 11.5 Å². The van der Waals surface area contributed by atoms with E-state index in [9.17, 15) is 4.79 Å². The highest BCUT2D eigenvalue weighted by molar-refractivity contribution is 6.12. The number of hydrogen-bond donors (Lipinski definition) is 2. The van der Waals surface area contributed by atoms with Crippen molar-refractivity contribution in [2.75, 3.05) is 5.73 Å². The third-order valence-electron chi connectivity index (χ3n) is 3.53. The summed E-state index contributed by atoms with van der Waals surface area (Å²) in [5, 5.41) is 2.13. The third-order valence-corrected chi connectivity index (χ3v) is 3.53. The molecule has 0 aliphatic heterocycles. The number of rotatable bonds is 2. The molecule has 0 bridgehead atoms. The van der Waals surface area contributed by atoms with Crippen molar-refractivity contribution < 1.29 is 4.79 Å². The lowest BCUT2D eigenvalue weighted by Crippen LogP contribution is -2.13. The first-order valence-electron chi connectivity index (χ1n) is 6.23. The number of aromatic nitrogens is 1. The first-order valence-corrected chi connectivity index (χ1v) is 6.23. The average Bonchev–Trinajstić information content (AvgIpc) is 2.70. The van der Waals surface area contributed by atoms with Crippen molar-refractivity contribution >= 4 is 33.4 Å². The molecule has 4 N–H and O–H groups in total. The molecule has 3 rings (SSSR count). The van der Waals surface area contributed by atoms with Crippen LogP contribution in [0.15, 0.2) is 36.4 Å². The molecule has 0 fully saturated rings. The normalized spacial score (nSPS) is 11.2. The van der Waals surface area contributed by atoms with Crippen LogP contribution in [-0.2, 0) is 6.54 Å². The third kappa shape index (κ3) is 1.57. The number of nitrogens with zero attached hydrogens (tertiary/aromatic N) is 1. The summed E-state index contributed by atoms with van der Waals surface area (Å²) in [7, 11) is 0. The first kappa shape index (κ1) is 11.6. The Kier molecular flexibility index (Phi) is 2.45. The number of fused-ring (bicyclic) bond motifs is 3. The number of carbonyl (C=O) groups is 1. The number of primary amides is 1. The van der Waals surface area contributed by atoms with E-state index >= 15 is 0 Å². The van der Waals surface area contributed by atoms with Crippen LogP contribution in [0, 0.1) is 0 Å². The molecule has 3 aromatic rings. The van der Waals surface area contributed by atoms with Gasteiger partial charge < -0.3 is 16.0 Å². The number of anilines is 1. The highest BCUT2D eigenvalue weighted by Crippen LogP contribution is 2.31. The summed E-state index contributed by atoms with van der Waals surface area (Å²) in [4.78, 5) is 11.4. The number of nitrogens with two attached hydrogens (primary N) is 2. The highest BCUT2D eigenvalue weighted by atomic mass is 16.1. The topological polar surface area (TPSA) is 74.0 Å². The number of carbonyl (C=O) groups excluding carboxylic acids is 1. The summed E-state index contributed by atoms with van der Waals surface area (Å²) in [6.45, 7) is 2.93. The van der Waals surface area contributed by atoms with E-state index in [1.165, 1.54) is 0 Å². The number of hydrogen-bond acceptors (Lipinski definition) is 2. The van der Waals surface area contributed by atoms with E-state index < -0.39 is 5.91 Å². The molecule has 96 valence electrons. The average molecular weight is 253 g/mol. The highest BCUT2D eigenvalue weighted by Gasteiger charge is 2.14. The van der Waals surface area contributed by atoms with Crippen molar-refractivity contribution in [3.63, 3.8) is 0 Å². The van der Waals surface area contributed by atoms with Crippen molar-refractivity contribution in [1.82, 2.24) is 4.57 Å². The van der Waals surface area contributed by atoms with Crippen LogP contribution in [0.25, 0.3) is 21.8 Å². The summed E-state index contributed by atoms with van der Waals surface area (Å²) >= 11 is 0. The van der Waals surface area contributed by atoms with Crippen LogP contribution in [0.1, 0.15) is 17.3 Å². The van der Waals surface area contributed by atoms with Gasteiger partial charge in [-0.25, -0.2) is 0 Å². The van der Waals surface area contributed by atoms with Crippen LogP contribution in [-0.4, -0.2) is 10.5 Å². The Morgan fingerprint density at radius 3 is 2.58 bits per heavy atom. The zero-order chi connectivity index (χ0) is 13.6. The van der Waals surface area contributed by atoms with Crippen LogP contribution in [0.4, 0.5) is 5.69 Å². The monoisotopic (exact) mass is 253 g/mol. The van der Waals surface area contributed by atoms with E-state index in [2.05, 4.69) is 17.6 Å². The zero-order valence-electron chi connectivity index (χ0n) is 10.7. The standard InChI is InChI=1S/C15H15N3O/c1-2-18-13-6-4-3-5-9(13)10-7-11(15(17)19)12(16)8-14(10)18/h3-8H,2,16H2,1H3,(H2,17,19). The van der Waals surface area contributed by atoms with E-state index in [-0.39, 0.29) is 0 Å². The Morgan fingerprint density at radius 2 is 1.89 bits per heavy atom. The largest absolute Gasteiger partial charge is 0.398 e. The molecule has 0 saturated carbocycles. The van der Waals surface area contributed by atoms with E-state index in [1.54, 1.807) is 6.07 Å². The fourth-order valence-electron chi connectivity index (χ4n) is 2.66. The number of para-hydroxylation sites is 1. The van der Waals surface area contributed by atoms with E-state index in [0.717, 1.165) is 28.4 Å². The lowest BCUT2D eigenvalue weighted by Gasteiger charge is -2.05. The van der Waals surface area contributed by atoms with Crippen molar-refractivity contribution in [2.45, 2.75) is 13.5 Å². The Bertz CT molecular complexity index is 802. The summed E-state index contributed by atoms with van der Waals surface area (Å²) in [5.41, 5.74) is 14.3. The molecule has 4 heteroatoms. The van der Waals surface area contributed by atoms with E-state index in [0.29, 0.717) is 11.3 Å². The maximum atomic E-state index is 11.4. The fourth-order valence-corrected chi connectivity index (χ4v) is 2.66. The molecule has 1 heterocycles. The van der Waals surface area contributed by atoms with Gasteiger partial charge in [-0.05, 0) is 25.1 Å². The van der Waals surface area contributed by atoms with Crippen LogP contribution in [0.2, 0.25) is 0 Å². The van der Waals surface area contributed by atoms with Gasteiger partial charge in [-0.2, -0.15) is 0 Å². The van der Waals surface area contributed by atoms with Crippen LogP contribution >= 0.6 is 0 Å². The predicted octanol–water partition coefficient (Wildman–Crippen LogP) is 2.50. The molecule has 0 saturated heterocycles. The number of benzene rings is 2. The lowest BCUT2D eigenvalue weighted by molar-refractivity contribution is 0.100. The number of aryl methyl sites for hydroxylation is 1. The smallest absolute Gasteiger partial charge is 0.250 e. The maximum Gasteiger partial charge on any atom is 0.250 e. The molecule has 0 aliphatic rings. The quantitative estimate of drug-likeness (QED) is 0.688. The van der Waals surface area contributed by atoms with Gasteiger partial charge in [0.1, 0.15) is 0 Å². The Morgan fingerprint density at radius 1 is 1.16 bits per heavy atom. The second-order valence-corrected chi connectivity index (χ2v) is 4.58. The van der Waals surface area contributed by atoms with Gasteiger partial charge in [0.05, 0.1) is 11.1 Å². The van der Waals surface area contributed by atoms with Gasteiger partial charge >= 0.3 is 0 Å². The molecule has 1 aromatic heterocycles. The molecule has 1 amide bonds. The van der Waals surface area contributed by atoms with Crippen molar-refractivity contribution in [3.8, 4) is 0 Å². The first-order chi connectivity index (χ1) is 9.13.